The molecule has 1 aliphatic rings. The van der Waals surface area contributed by atoms with Crippen molar-refractivity contribution >= 4 is 44.5 Å². The SMILES string of the molecule is Br.CCC1Oc2c(F)cc(CBr)cc2NC1=O. The Labute approximate surface area is 118 Å². The van der Waals surface area contributed by atoms with E-state index < -0.39 is 11.9 Å². The molecule has 1 atom stereocenters. The lowest BCUT2D eigenvalue weighted by atomic mass is 10.1. The highest BCUT2D eigenvalue weighted by Crippen LogP contribution is 2.34. The van der Waals surface area contributed by atoms with E-state index in [2.05, 4.69) is 21.2 Å². The highest BCUT2D eigenvalue weighted by Gasteiger charge is 2.28. The molecule has 94 valence electrons. The average molecular weight is 369 g/mol. The summed E-state index contributed by atoms with van der Waals surface area (Å²) in [6.45, 7) is 1.82. The van der Waals surface area contributed by atoms with Crippen molar-refractivity contribution in [2.75, 3.05) is 5.32 Å². The third-order valence-corrected chi connectivity index (χ3v) is 3.09. The number of amides is 1. The molecule has 1 amide bonds. The Balaban J connectivity index is 0.00000144. The Morgan fingerprint density at radius 2 is 2.24 bits per heavy atom. The van der Waals surface area contributed by atoms with E-state index in [4.69, 9.17) is 4.74 Å². The van der Waals surface area contributed by atoms with Gasteiger partial charge in [0, 0.05) is 5.33 Å². The van der Waals surface area contributed by atoms with Crippen molar-refractivity contribution in [3.63, 3.8) is 0 Å². The first-order valence-corrected chi connectivity index (χ1v) is 6.13. The van der Waals surface area contributed by atoms with Gasteiger partial charge >= 0.3 is 0 Å². The number of carbonyl (C=O) groups excluding carboxylic acids is 1. The quantitative estimate of drug-likeness (QED) is 0.812. The number of ether oxygens (including phenoxy) is 1. The Bertz CT molecular complexity index is 440. The van der Waals surface area contributed by atoms with Crippen LogP contribution in [0.15, 0.2) is 12.1 Å². The van der Waals surface area contributed by atoms with E-state index in [1.807, 2.05) is 6.92 Å². The predicted octanol–water partition coefficient (Wildman–Crippen LogP) is 3.41. The van der Waals surface area contributed by atoms with Gasteiger partial charge in [0.15, 0.2) is 17.7 Å². The van der Waals surface area contributed by atoms with Crippen molar-refractivity contribution < 1.29 is 13.9 Å². The normalized spacial score (nSPS) is 17.6. The third kappa shape index (κ3) is 2.80. The highest BCUT2D eigenvalue weighted by molar-refractivity contribution is 9.08. The molecule has 1 heterocycles. The molecule has 1 aromatic carbocycles. The third-order valence-electron chi connectivity index (χ3n) is 2.44. The molecule has 6 heteroatoms. The zero-order valence-electron chi connectivity index (χ0n) is 9.13. The smallest absolute Gasteiger partial charge is 0.265 e. The van der Waals surface area contributed by atoms with Crippen LogP contribution in [0.2, 0.25) is 0 Å². The van der Waals surface area contributed by atoms with Crippen LogP contribution in [-0.4, -0.2) is 12.0 Å². The monoisotopic (exact) mass is 367 g/mol. The molecule has 0 aromatic heterocycles. The van der Waals surface area contributed by atoms with E-state index in [1.165, 1.54) is 6.07 Å². The average Bonchev–Trinajstić information content (AvgIpc) is 2.28. The summed E-state index contributed by atoms with van der Waals surface area (Å²) in [6, 6.07) is 3.11. The molecule has 1 aliphatic heterocycles. The minimum atomic E-state index is -0.600. The lowest BCUT2D eigenvalue weighted by molar-refractivity contribution is -0.123. The van der Waals surface area contributed by atoms with E-state index in [1.54, 1.807) is 6.07 Å². The molecule has 0 radical (unpaired) electrons. The van der Waals surface area contributed by atoms with Gasteiger partial charge < -0.3 is 10.1 Å². The van der Waals surface area contributed by atoms with Crippen molar-refractivity contribution in [2.24, 2.45) is 0 Å². The number of fused-ring (bicyclic) bond motifs is 1. The molecule has 0 bridgehead atoms. The summed E-state index contributed by atoms with van der Waals surface area (Å²) in [5, 5.41) is 3.18. The molecule has 0 aliphatic carbocycles. The van der Waals surface area contributed by atoms with E-state index >= 15 is 0 Å². The zero-order chi connectivity index (χ0) is 11.7. The zero-order valence-corrected chi connectivity index (χ0v) is 12.4. The van der Waals surface area contributed by atoms with Gasteiger partial charge in [-0.1, -0.05) is 22.9 Å². The molecule has 2 rings (SSSR count). The highest BCUT2D eigenvalue weighted by atomic mass is 79.9. The van der Waals surface area contributed by atoms with Gasteiger partial charge in [0.1, 0.15) is 0 Å². The van der Waals surface area contributed by atoms with Crippen LogP contribution in [0.3, 0.4) is 0 Å². The van der Waals surface area contributed by atoms with E-state index in [0.717, 1.165) is 5.56 Å². The fourth-order valence-corrected chi connectivity index (χ4v) is 1.94. The van der Waals surface area contributed by atoms with Crippen LogP contribution in [-0.2, 0) is 10.1 Å². The number of hydrogen-bond acceptors (Lipinski definition) is 2. The summed E-state index contributed by atoms with van der Waals surface area (Å²) in [7, 11) is 0. The first-order valence-electron chi connectivity index (χ1n) is 5.01. The largest absolute Gasteiger partial charge is 0.475 e. The van der Waals surface area contributed by atoms with E-state index in [9.17, 15) is 9.18 Å². The molecule has 1 unspecified atom stereocenters. The van der Waals surface area contributed by atoms with Crippen LogP contribution in [0, 0.1) is 5.82 Å². The maximum absolute atomic E-state index is 13.7. The molecule has 3 nitrogen and oxygen atoms in total. The fourth-order valence-electron chi connectivity index (χ4n) is 1.62. The maximum Gasteiger partial charge on any atom is 0.265 e. The minimum absolute atomic E-state index is 0. The van der Waals surface area contributed by atoms with E-state index in [-0.39, 0.29) is 28.6 Å². The fraction of sp³-hybridized carbons (Fsp3) is 0.364. The van der Waals surface area contributed by atoms with Gasteiger partial charge in [-0.3, -0.25) is 4.79 Å². The summed E-state index contributed by atoms with van der Waals surface area (Å²) >= 11 is 3.24. The number of rotatable bonds is 2. The minimum Gasteiger partial charge on any atom is -0.475 e. The second-order valence-electron chi connectivity index (χ2n) is 3.59. The van der Waals surface area contributed by atoms with Crippen molar-refractivity contribution in [3.05, 3.63) is 23.5 Å². The van der Waals surface area contributed by atoms with Crippen molar-refractivity contribution in [1.29, 1.82) is 0 Å². The number of hydrogen-bond donors (Lipinski definition) is 1. The summed E-state index contributed by atoms with van der Waals surface area (Å²) in [5.41, 5.74) is 1.17. The number of anilines is 1. The first kappa shape index (κ1) is 14.4. The Hall–Kier alpha value is -0.620. The van der Waals surface area contributed by atoms with Crippen LogP contribution in [0.25, 0.3) is 0 Å². The van der Waals surface area contributed by atoms with Gasteiger partial charge in [-0.2, -0.15) is 0 Å². The molecule has 0 fully saturated rings. The number of carbonyl (C=O) groups is 1. The Kier molecular flexibility index (Phi) is 4.94. The van der Waals surface area contributed by atoms with Gasteiger partial charge in [-0.25, -0.2) is 4.39 Å². The molecule has 0 saturated carbocycles. The maximum atomic E-state index is 13.7. The van der Waals surface area contributed by atoms with Crippen LogP contribution in [0.4, 0.5) is 10.1 Å². The van der Waals surface area contributed by atoms with Crippen LogP contribution >= 0.6 is 32.9 Å². The van der Waals surface area contributed by atoms with Crippen LogP contribution in [0.5, 0.6) is 5.75 Å². The van der Waals surface area contributed by atoms with Gasteiger partial charge in [0.25, 0.3) is 5.91 Å². The summed E-state index contributed by atoms with van der Waals surface area (Å²) in [5.74, 6) is -0.525. The van der Waals surface area contributed by atoms with Gasteiger partial charge in [0.2, 0.25) is 0 Å². The molecule has 1 N–H and O–H groups in total. The molecule has 17 heavy (non-hydrogen) atoms. The number of benzene rings is 1. The predicted molar refractivity (Wildman–Crippen MR) is 72.7 cm³/mol. The standard InChI is InChI=1S/C11H11BrFNO2.BrH/c1-2-9-11(15)14-8-4-6(5-12)3-7(13)10(8)16-9;/h3-4,9H,2,5H2,1H3,(H,14,15);1H. The van der Waals surface area contributed by atoms with E-state index in [0.29, 0.717) is 17.4 Å². The molecular formula is C11H12Br2FNO2. The molecule has 0 spiro atoms. The van der Waals surface area contributed by atoms with Crippen LogP contribution < -0.4 is 10.1 Å². The topological polar surface area (TPSA) is 38.3 Å². The first-order chi connectivity index (χ1) is 7.65. The van der Waals surface area contributed by atoms with Crippen molar-refractivity contribution in [2.45, 2.75) is 24.8 Å². The Morgan fingerprint density at radius 3 is 2.82 bits per heavy atom. The summed E-state index contributed by atoms with van der Waals surface area (Å²) in [6.07, 6.45) is -0.0814. The van der Waals surface area contributed by atoms with Crippen molar-refractivity contribution in [1.82, 2.24) is 0 Å². The summed E-state index contributed by atoms with van der Waals surface area (Å²) in [4.78, 5) is 11.5. The van der Waals surface area contributed by atoms with Crippen molar-refractivity contribution in [3.8, 4) is 5.75 Å². The molecular weight excluding hydrogens is 357 g/mol. The van der Waals surface area contributed by atoms with Crippen LogP contribution in [0.1, 0.15) is 18.9 Å². The second kappa shape index (κ2) is 5.82. The molecule has 0 saturated heterocycles. The number of alkyl halides is 1. The second-order valence-corrected chi connectivity index (χ2v) is 4.15. The van der Waals surface area contributed by atoms with Gasteiger partial charge in [-0.05, 0) is 24.1 Å². The summed E-state index contributed by atoms with van der Waals surface area (Å²) < 4.78 is 19.0. The molecule has 1 aromatic rings. The number of halogens is 3. The van der Waals surface area contributed by atoms with Gasteiger partial charge in [-0.15, -0.1) is 17.0 Å². The number of nitrogens with one attached hydrogen (secondary N) is 1. The lowest BCUT2D eigenvalue weighted by Crippen LogP contribution is -2.36. The lowest BCUT2D eigenvalue weighted by Gasteiger charge is -2.25. The van der Waals surface area contributed by atoms with Gasteiger partial charge in [0.05, 0.1) is 5.69 Å². The Morgan fingerprint density at radius 1 is 1.53 bits per heavy atom.